The molecular weight excluding hydrogens is 348 g/mol. The molecule has 23 heavy (non-hydrogen) atoms. The minimum Gasteiger partial charge on any atom is -0.288 e. The summed E-state index contributed by atoms with van der Waals surface area (Å²) in [4.78, 5) is 24.2. The smallest absolute Gasteiger partial charge is 0.205 e. The fraction of sp³-hybridized carbons (Fsp3) is 0. The van der Waals surface area contributed by atoms with Crippen molar-refractivity contribution < 1.29 is 4.79 Å². The highest BCUT2D eigenvalue weighted by Gasteiger charge is 2.24. The molecule has 0 radical (unpaired) electrons. The van der Waals surface area contributed by atoms with Gasteiger partial charge in [0.1, 0.15) is 10.3 Å². The second-order valence-corrected chi connectivity index (χ2v) is 7.16. The first-order chi connectivity index (χ1) is 11.3. The van der Waals surface area contributed by atoms with E-state index >= 15 is 0 Å². The van der Waals surface area contributed by atoms with Crippen LogP contribution in [0.1, 0.15) is 15.2 Å². The number of carbonyl (C=O) groups excluding carboxylic acids is 1. The van der Waals surface area contributed by atoms with E-state index < -0.39 is 0 Å². The summed E-state index contributed by atoms with van der Waals surface area (Å²) in [5.41, 5.74) is 2.10. The number of fused-ring (bicyclic) bond motifs is 1. The summed E-state index contributed by atoms with van der Waals surface area (Å²) in [6.07, 6.45) is 3.29. The minimum absolute atomic E-state index is 0.0937. The average molecular weight is 357 g/mol. The third-order valence-corrected chi connectivity index (χ3v) is 5.72. The van der Waals surface area contributed by atoms with Crippen LogP contribution in [0.15, 0.2) is 54.2 Å². The highest BCUT2D eigenvalue weighted by molar-refractivity contribution is 7.22. The van der Waals surface area contributed by atoms with Crippen LogP contribution in [-0.4, -0.2) is 15.8 Å². The van der Waals surface area contributed by atoms with Gasteiger partial charge in [-0.3, -0.25) is 9.78 Å². The average Bonchev–Trinajstić information content (AvgIpc) is 3.21. The maximum atomic E-state index is 13.0. The van der Waals surface area contributed by atoms with Crippen molar-refractivity contribution in [1.29, 1.82) is 0 Å². The molecule has 4 aromatic rings. The number of halogens is 1. The Morgan fingerprint density at radius 3 is 2.65 bits per heavy atom. The summed E-state index contributed by atoms with van der Waals surface area (Å²) < 4.78 is 0. The van der Waals surface area contributed by atoms with Crippen LogP contribution < -0.4 is 0 Å². The lowest BCUT2D eigenvalue weighted by atomic mass is 10.1. The second-order valence-electron chi connectivity index (χ2n) is 4.80. The van der Waals surface area contributed by atoms with Gasteiger partial charge in [0.15, 0.2) is 0 Å². The monoisotopic (exact) mass is 356 g/mol. The Balaban J connectivity index is 1.99. The third-order valence-electron chi connectivity index (χ3n) is 3.42. The van der Waals surface area contributed by atoms with Crippen molar-refractivity contribution in [2.24, 2.45) is 0 Å². The predicted molar refractivity (Wildman–Crippen MR) is 95.6 cm³/mol. The Bertz CT molecular complexity index is 1010. The molecule has 0 aliphatic carbocycles. The first-order valence-electron chi connectivity index (χ1n) is 6.82. The van der Waals surface area contributed by atoms with Crippen LogP contribution in [0.25, 0.3) is 20.8 Å². The quantitative estimate of drug-likeness (QED) is 0.467. The number of nitrogens with zero attached hydrogens (tertiary/aromatic N) is 2. The molecule has 112 valence electrons. The number of carbonyl (C=O) groups is 1. The van der Waals surface area contributed by atoms with Crippen LogP contribution in [0.2, 0.25) is 5.02 Å². The van der Waals surface area contributed by atoms with Gasteiger partial charge in [-0.1, -0.05) is 29.8 Å². The summed E-state index contributed by atoms with van der Waals surface area (Å²) >= 11 is 9.14. The summed E-state index contributed by atoms with van der Waals surface area (Å²) in [5.74, 6) is -0.0937. The summed E-state index contributed by atoms with van der Waals surface area (Å²) in [7, 11) is 0. The molecule has 4 rings (SSSR count). The van der Waals surface area contributed by atoms with Crippen LogP contribution in [0.3, 0.4) is 0 Å². The SMILES string of the molecule is O=C(c1ccccc1Cl)c1sc2nccnc2c1-c1cccs1. The Labute approximate surface area is 145 Å². The molecule has 3 heterocycles. The third kappa shape index (κ3) is 2.47. The number of hydrogen-bond acceptors (Lipinski definition) is 5. The van der Waals surface area contributed by atoms with Crippen molar-refractivity contribution in [2.75, 3.05) is 0 Å². The van der Waals surface area contributed by atoms with Crippen molar-refractivity contribution in [1.82, 2.24) is 9.97 Å². The van der Waals surface area contributed by atoms with Gasteiger partial charge >= 0.3 is 0 Å². The lowest BCUT2D eigenvalue weighted by molar-refractivity contribution is 0.104. The number of hydrogen-bond donors (Lipinski definition) is 0. The molecule has 0 N–H and O–H groups in total. The van der Waals surface area contributed by atoms with Crippen LogP contribution >= 0.6 is 34.3 Å². The summed E-state index contributed by atoms with van der Waals surface area (Å²) in [6, 6.07) is 11.0. The van der Waals surface area contributed by atoms with E-state index in [-0.39, 0.29) is 5.78 Å². The van der Waals surface area contributed by atoms with Gasteiger partial charge in [-0.2, -0.15) is 0 Å². The molecule has 0 saturated heterocycles. The molecule has 0 amide bonds. The molecule has 0 atom stereocenters. The highest BCUT2D eigenvalue weighted by atomic mass is 35.5. The van der Waals surface area contributed by atoms with Crippen LogP contribution in [0, 0.1) is 0 Å². The summed E-state index contributed by atoms with van der Waals surface area (Å²) in [5, 5.41) is 2.44. The van der Waals surface area contributed by atoms with E-state index in [1.165, 1.54) is 11.3 Å². The largest absolute Gasteiger partial charge is 0.288 e. The van der Waals surface area contributed by atoms with E-state index in [1.54, 1.807) is 35.9 Å². The van der Waals surface area contributed by atoms with Gasteiger partial charge in [0.25, 0.3) is 0 Å². The molecule has 1 aromatic carbocycles. The number of rotatable bonds is 3. The van der Waals surface area contributed by atoms with E-state index in [0.717, 1.165) is 20.8 Å². The lowest BCUT2D eigenvalue weighted by Crippen LogP contribution is -2.01. The molecular formula is C17H9ClN2OS2. The first kappa shape index (κ1) is 14.5. The van der Waals surface area contributed by atoms with Crippen LogP contribution in [0.5, 0.6) is 0 Å². The van der Waals surface area contributed by atoms with Gasteiger partial charge in [-0.25, -0.2) is 4.98 Å². The zero-order valence-corrected chi connectivity index (χ0v) is 14.1. The zero-order valence-electron chi connectivity index (χ0n) is 11.7. The standard InChI is InChI=1S/C17H9ClN2OS2/c18-11-5-2-1-4-10(11)15(21)16-13(12-6-3-9-22-12)14-17(23-16)20-8-7-19-14/h1-9H. The van der Waals surface area contributed by atoms with Gasteiger partial charge in [-0.05, 0) is 23.6 Å². The fourth-order valence-corrected chi connectivity index (χ4v) is 4.54. The molecule has 0 unspecified atom stereocenters. The molecule has 0 fully saturated rings. The maximum Gasteiger partial charge on any atom is 0.205 e. The number of thiophene rings is 2. The Morgan fingerprint density at radius 1 is 1.04 bits per heavy atom. The predicted octanol–water partition coefficient (Wildman–Crippen LogP) is 5.30. The molecule has 0 spiro atoms. The van der Waals surface area contributed by atoms with E-state index in [4.69, 9.17) is 11.6 Å². The van der Waals surface area contributed by atoms with Crippen LogP contribution in [0.4, 0.5) is 0 Å². The molecule has 0 saturated carbocycles. The van der Waals surface area contributed by atoms with E-state index in [2.05, 4.69) is 9.97 Å². The molecule has 3 aromatic heterocycles. The van der Waals surface area contributed by atoms with Crippen molar-refractivity contribution in [3.8, 4) is 10.4 Å². The number of aromatic nitrogens is 2. The molecule has 3 nitrogen and oxygen atoms in total. The maximum absolute atomic E-state index is 13.0. The Hall–Kier alpha value is -2.08. The second kappa shape index (κ2) is 5.85. The molecule has 0 aliphatic heterocycles. The van der Waals surface area contributed by atoms with Crippen molar-refractivity contribution in [3.05, 3.63) is 69.6 Å². The molecule has 0 aliphatic rings. The normalized spacial score (nSPS) is 11.0. The topological polar surface area (TPSA) is 42.9 Å². The summed E-state index contributed by atoms with van der Waals surface area (Å²) in [6.45, 7) is 0. The van der Waals surface area contributed by atoms with Gasteiger partial charge in [0, 0.05) is 28.4 Å². The van der Waals surface area contributed by atoms with E-state index in [9.17, 15) is 4.79 Å². The lowest BCUT2D eigenvalue weighted by Gasteiger charge is -2.04. The van der Waals surface area contributed by atoms with Gasteiger partial charge < -0.3 is 0 Å². The number of benzene rings is 1. The fourth-order valence-electron chi connectivity index (χ4n) is 2.40. The van der Waals surface area contributed by atoms with Crippen molar-refractivity contribution in [2.45, 2.75) is 0 Å². The zero-order chi connectivity index (χ0) is 15.8. The van der Waals surface area contributed by atoms with Crippen molar-refractivity contribution >= 4 is 50.4 Å². The van der Waals surface area contributed by atoms with Crippen LogP contribution in [-0.2, 0) is 0 Å². The molecule has 6 heteroatoms. The highest BCUT2D eigenvalue weighted by Crippen LogP contribution is 2.40. The number of ketones is 1. The minimum atomic E-state index is -0.0937. The first-order valence-corrected chi connectivity index (χ1v) is 8.89. The Kier molecular flexibility index (Phi) is 3.69. The van der Waals surface area contributed by atoms with Gasteiger partial charge in [-0.15, -0.1) is 22.7 Å². The van der Waals surface area contributed by atoms with E-state index in [0.29, 0.717) is 15.5 Å². The van der Waals surface area contributed by atoms with Crippen molar-refractivity contribution in [3.63, 3.8) is 0 Å². The Morgan fingerprint density at radius 2 is 1.87 bits per heavy atom. The van der Waals surface area contributed by atoms with Gasteiger partial charge in [0.05, 0.1) is 9.90 Å². The van der Waals surface area contributed by atoms with E-state index in [1.807, 2.05) is 29.6 Å². The van der Waals surface area contributed by atoms with Gasteiger partial charge in [0.2, 0.25) is 5.78 Å². The molecule has 0 bridgehead atoms.